The lowest BCUT2D eigenvalue weighted by molar-refractivity contribution is 0.119. The van der Waals surface area contributed by atoms with Gasteiger partial charge in [0.05, 0.1) is 17.0 Å². The van der Waals surface area contributed by atoms with E-state index in [-0.39, 0.29) is 12.0 Å². The fourth-order valence-corrected chi connectivity index (χ4v) is 3.59. The number of rotatable bonds is 4. The number of carbonyl (C=O) groups is 1. The second-order valence-corrected chi connectivity index (χ2v) is 7.94. The third kappa shape index (κ3) is 4.14. The molecule has 0 saturated carbocycles. The largest absolute Gasteiger partial charge is 0.465 e. The number of hydrogen-bond donors (Lipinski definition) is 1. The summed E-state index contributed by atoms with van der Waals surface area (Å²) in [4.78, 5) is 16.8. The SMILES string of the molecule is CC1(c2nc(COS(C)(=O)=O)cs2)CCN(C(=O)O)CC1. The van der Waals surface area contributed by atoms with E-state index in [9.17, 15) is 13.2 Å². The van der Waals surface area contributed by atoms with Gasteiger partial charge in [-0.15, -0.1) is 11.3 Å². The first kappa shape index (κ1) is 16.2. The molecule has 1 amide bonds. The zero-order chi connectivity index (χ0) is 15.7. The van der Waals surface area contributed by atoms with Crippen LogP contribution < -0.4 is 0 Å². The van der Waals surface area contributed by atoms with Crippen LogP contribution in [-0.4, -0.2) is 48.8 Å². The van der Waals surface area contributed by atoms with Gasteiger partial charge >= 0.3 is 6.09 Å². The van der Waals surface area contributed by atoms with Crippen LogP contribution in [0.2, 0.25) is 0 Å². The monoisotopic (exact) mass is 334 g/mol. The highest BCUT2D eigenvalue weighted by Gasteiger charge is 2.35. The van der Waals surface area contributed by atoms with Crippen molar-refractivity contribution in [2.75, 3.05) is 19.3 Å². The van der Waals surface area contributed by atoms with E-state index < -0.39 is 16.2 Å². The summed E-state index contributed by atoms with van der Waals surface area (Å²) in [6.07, 6.45) is 1.53. The average molecular weight is 334 g/mol. The van der Waals surface area contributed by atoms with Gasteiger partial charge in [0.15, 0.2) is 0 Å². The van der Waals surface area contributed by atoms with Crippen molar-refractivity contribution in [3.05, 3.63) is 16.1 Å². The Morgan fingerprint density at radius 2 is 2.14 bits per heavy atom. The molecule has 0 aliphatic carbocycles. The number of carboxylic acid groups (broad SMARTS) is 1. The molecule has 118 valence electrons. The Bertz CT molecular complexity index is 617. The van der Waals surface area contributed by atoms with Gasteiger partial charge in [0.25, 0.3) is 10.1 Å². The summed E-state index contributed by atoms with van der Waals surface area (Å²) in [6, 6.07) is 0. The minimum Gasteiger partial charge on any atom is -0.465 e. The lowest BCUT2D eigenvalue weighted by Gasteiger charge is -2.36. The van der Waals surface area contributed by atoms with Crippen molar-refractivity contribution in [1.82, 2.24) is 9.88 Å². The first-order valence-electron chi connectivity index (χ1n) is 6.47. The van der Waals surface area contributed by atoms with E-state index in [4.69, 9.17) is 9.29 Å². The van der Waals surface area contributed by atoms with Crippen LogP contribution in [0.1, 0.15) is 30.5 Å². The zero-order valence-corrected chi connectivity index (χ0v) is 13.5. The van der Waals surface area contributed by atoms with Crippen molar-refractivity contribution in [2.45, 2.75) is 31.8 Å². The molecule has 1 fully saturated rings. The molecule has 0 unspecified atom stereocenters. The van der Waals surface area contributed by atoms with E-state index in [1.807, 2.05) is 0 Å². The number of thiazole rings is 1. The van der Waals surface area contributed by atoms with Gasteiger partial charge in [-0.05, 0) is 12.8 Å². The molecule has 2 heterocycles. The molecule has 1 N–H and O–H groups in total. The summed E-state index contributed by atoms with van der Waals surface area (Å²) >= 11 is 1.46. The van der Waals surface area contributed by atoms with E-state index in [2.05, 4.69) is 11.9 Å². The van der Waals surface area contributed by atoms with E-state index in [0.29, 0.717) is 31.6 Å². The normalized spacial score (nSPS) is 18.7. The lowest BCUT2D eigenvalue weighted by Crippen LogP contribution is -2.43. The molecule has 0 atom stereocenters. The molecule has 7 nitrogen and oxygen atoms in total. The maximum absolute atomic E-state index is 11.0. The molecule has 9 heteroatoms. The Morgan fingerprint density at radius 3 is 2.67 bits per heavy atom. The minimum atomic E-state index is -3.48. The highest BCUT2D eigenvalue weighted by Crippen LogP contribution is 2.36. The molecule has 2 rings (SSSR count). The molecule has 0 radical (unpaired) electrons. The van der Waals surface area contributed by atoms with Crippen molar-refractivity contribution in [1.29, 1.82) is 0 Å². The summed E-state index contributed by atoms with van der Waals surface area (Å²) in [5, 5.41) is 11.7. The predicted molar refractivity (Wildman–Crippen MR) is 77.9 cm³/mol. The van der Waals surface area contributed by atoms with E-state index in [1.165, 1.54) is 16.2 Å². The number of amides is 1. The summed E-state index contributed by atoms with van der Waals surface area (Å²) in [5.41, 5.74) is 0.419. The molecular formula is C12H18N2O5S2. The molecule has 0 spiro atoms. The van der Waals surface area contributed by atoms with Gasteiger partial charge in [-0.25, -0.2) is 9.78 Å². The fourth-order valence-electron chi connectivity index (χ4n) is 2.22. The van der Waals surface area contributed by atoms with Gasteiger partial charge in [-0.3, -0.25) is 4.18 Å². The van der Waals surface area contributed by atoms with Crippen molar-refractivity contribution < 1.29 is 22.5 Å². The van der Waals surface area contributed by atoms with E-state index in [1.54, 1.807) is 5.38 Å². The van der Waals surface area contributed by atoms with Crippen LogP contribution in [0.25, 0.3) is 0 Å². The third-order valence-electron chi connectivity index (χ3n) is 3.63. The van der Waals surface area contributed by atoms with Crippen molar-refractivity contribution in [2.24, 2.45) is 0 Å². The van der Waals surface area contributed by atoms with Gasteiger partial charge in [0.1, 0.15) is 6.61 Å². The smallest absolute Gasteiger partial charge is 0.407 e. The van der Waals surface area contributed by atoms with Gasteiger partial charge in [0, 0.05) is 23.9 Å². The Balaban J connectivity index is 2.02. The molecule has 1 aromatic rings. The molecule has 1 aliphatic rings. The third-order valence-corrected chi connectivity index (χ3v) is 5.37. The zero-order valence-electron chi connectivity index (χ0n) is 11.9. The van der Waals surface area contributed by atoms with Crippen molar-refractivity contribution in [3.63, 3.8) is 0 Å². The van der Waals surface area contributed by atoms with Crippen LogP contribution >= 0.6 is 11.3 Å². The van der Waals surface area contributed by atoms with Gasteiger partial charge < -0.3 is 10.0 Å². The molecule has 0 bridgehead atoms. The molecule has 1 aliphatic heterocycles. The first-order chi connectivity index (χ1) is 9.70. The van der Waals surface area contributed by atoms with Gasteiger partial charge in [-0.1, -0.05) is 6.92 Å². The second kappa shape index (κ2) is 5.90. The number of hydrogen-bond acceptors (Lipinski definition) is 6. The van der Waals surface area contributed by atoms with Crippen LogP contribution in [0.5, 0.6) is 0 Å². The standard InChI is InChI=1S/C12H18N2O5S2/c1-12(3-5-14(6-4-12)11(15)16)10-13-9(8-20-10)7-19-21(2,17)18/h8H,3-7H2,1-2H3,(H,15,16). The van der Waals surface area contributed by atoms with Crippen molar-refractivity contribution >= 4 is 27.5 Å². The predicted octanol–water partition coefficient (Wildman–Crippen LogP) is 1.65. The van der Waals surface area contributed by atoms with E-state index in [0.717, 1.165) is 11.3 Å². The lowest BCUT2D eigenvalue weighted by atomic mass is 9.81. The number of nitrogens with zero attached hydrogens (tertiary/aromatic N) is 2. The second-order valence-electron chi connectivity index (χ2n) is 5.44. The highest BCUT2D eigenvalue weighted by atomic mass is 32.2. The first-order valence-corrected chi connectivity index (χ1v) is 9.16. The number of aromatic nitrogens is 1. The molecule has 1 aromatic heterocycles. The summed E-state index contributed by atoms with van der Waals surface area (Å²) in [6.45, 7) is 2.97. The Morgan fingerprint density at radius 1 is 1.52 bits per heavy atom. The number of likely N-dealkylation sites (tertiary alicyclic amines) is 1. The van der Waals surface area contributed by atoms with Crippen molar-refractivity contribution in [3.8, 4) is 0 Å². The summed E-state index contributed by atoms with van der Waals surface area (Å²) in [7, 11) is -3.48. The average Bonchev–Trinajstić information content (AvgIpc) is 2.85. The summed E-state index contributed by atoms with van der Waals surface area (Å²) < 4.78 is 26.7. The van der Waals surface area contributed by atoms with Crippen LogP contribution in [0.15, 0.2) is 5.38 Å². The number of piperidine rings is 1. The van der Waals surface area contributed by atoms with Gasteiger partial charge in [0.2, 0.25) is 0 Å². The topological polar surface area (TPSA) is 96.8 Å². The summed E-state index contributed by atoms with van der Waals surface area (Å²) in [5.74, 6) is 0. The maximum atomic E-state index is 11.0. The maximum Gasteiger partial charge on any atom is 0.407 e. The Hall–Kier alpha value is -1.19. The quantitative estimate of drug-likeness (QED) is 0.841. The van der Waals surface area contributed by atoms with E-state index >= 15 is 0 Å². The Kier molecular flexibility index (Phi) is 4.54. The Labute approximate surface area is 127 Å². The van der Waals surface area contributed by atoms with Gasteiger partial charge in [-0.2, -0.15) is 8.42 Å². The van der Waals surface area contributed by atoms with Crippen LogP contribution in [0, 0.1) is 0 Å². The molecule has 1 saturated heterocycles. The highest BCUT2D eigenvalue weighted by molar-refractivity contribution is 7.85. The van der Waals surface area contributed by atoms with Crippen LogP contribution in [0.4, 0.5) is 4.79 Å². The van der Waals surface area contributed by atoms with Crippen LogP contribution in [-0.2, 0) is 26.3 Å². The minimum absolute atomic E-state index is 0.0628. The molecule has 21 heavy (non-hydrogen) atoms. The fraction of sp³-hybridized carbons (Fsp3) is 0.667. The molecule has 0 aromatic carbocycles. The van der Waals surface area contributed by atoms with Crippen LogP contribution in [0.3, 0.4) is 0 Å². The molecular weight excluding hydrogens is 316 g/mol.